The second-order valence-corrected chi connectivity index (χ2v) is 5.45. The van der Waals surface area contributed by atoms with Crippen LogP contribution in [0.4, 0.5) is 4.79 Å². The highest BCUT2D eigenvalue weighted by Crippen LogP contribution is 2.11. The molecule has 19 heavy (non-hydrogen) atoms. The number of rotatable bonds is 3. The Morgan fingerprint density at radius 3 is 2.11 bits per heavy atom. The summed E-state index contributed by atoms with van der Waals surface area (Å²) in [6.45, 7) is 7.90. The fourth-order valence-corrected chi connectivity index (χ4v) is 1.74. The molecule has 0 aromatic rings. The lowest BCUT2D eigenvalue weighted by molar-refractivity contribution is -0.132. The van der Waals surface area contributed by atoms with Crippen LogP contribution in [0.25, 0.3) is 0 Å². The van der Waals surface area contributed by atoms with Gasteiger partial charge in [0.2, 0.25) is 5.91 Å². The van der Waals surface area contributed by atoms with Crippen LogP contribution in [0.15, 0.2) is 0 Å². The molecule has 2 amide bonds. The number of carbonyl (C=O) groups is 2. The largest absolute Gasteiger partial charge is 0.444 e. The molecule has 1 rings (SSSR count). The van der Waals surface area contributed by atoms with Gasteiger partial charge in [-0.15, -0.1) is 0 Å². The molecule has 1 aliphatic heterocycles. The Hall–Kier alpha value is -1.34. The van der Waals surface area contributed by atoms with E-state index in [0.29, 0.717) is 26.2 Å². The summed E-state index contributed by atoms with van der Waals surface area (Å²) < 4.78 is 5.30. The number of hydrogen-bond acceptors (Lipinski definition) is 5. The van der Waals surface area contributed by atoms with Crippen molar-refractivity contribution in [3.05, 3.63) is 0 Å². The third kappa shape index (κ3) is 5.44. The predicted octanol–water partition coefficient (Wildman–Crippen LogP) is -0.210. The van der Waals surface area contributed by atoms with Crippen molar-refractivity contribution in [3.63, 3.8) is 0 Å². The highest BCUT2D eigenvalue weighted by molar-refractivity contribution is 5.78. The van der Waals surface area contributed by atoms with Crippen LogP contribution in [0.2, 0.25) is 0 Å². The van der Waals surface area contributed by atoms with Gasteiger partial charge in [0.15, 0.2) is 0 Å². The zero-order valence-corrected chi connectivity index (χ0v) is 12.2. The number of nitrogens with zero attached hydrogens (tertiary/aromatic N) is 2. The molecule has 1 saturated heterocycles. The van der Waals surface area contributed by atoms with E-state index in [9.17, 15) is 9.59 Å². The van der Waals surface area contributed by atoms with Gasteiger partial charge in [-0.1, -0.05) is 0 Å². The van der Waals surface area contributed by atoms with E-state index in [1.807, 2.05) is 20.8 Å². The third-order valence-electron chi connectivity index (χ3n) is 2.70. The summed E-state index contributed by atoms with van der Waals surface area (Å²) in [6.07, 6.45) is -0.312. The van der Waals surface area contributed by atoms with Gasteiger partial charge in [-0.05, 0) is 27.8 Å². The van der Waals surface area contributed by atoms with Gasteiger partial charge >= 0.3 is 6.09 Å². The monoisotopic (exact) mass is 272 g/mol. The second kappa shape index (κ2) is 6.72. The zero-order chi connectivity index (χ0) is 14.5. The van der Waals surface area contributed by atoms with Crippen molar-refractivity contribution in [2.24, 2.45) is 0 Å². The first kappa shape index (κ1) is 15.7. The van der Waals surface area contributed by atoms with E-state index in [4.69, 9.17) is 4.74 Å². The maximum Gasteiger partial charge on any atom is 0.410 e. The van der Waals surface area contributed by atoms with E-state index in [2.05, 4.69) is 10.9 Å². The number of amides is 2. The average Bonchev–Trinajstić information content (AvgIpc) is 2.34. The van der Waals surface area contributed by atoms with E-state index in [1.54, 1.807) is 16.8 Å². The molecule has 2 N–H and O–H groups in total. The Morgan fingerprint density at radius 2 is 1.63 bits per heavy atom. The number of nitrogens with one attached hydrogen (secondary N) is 2. The van der Waals surface area contributed by atoms with Gasteiger partial charge < -0.3 is 14.5 Å². The molecule has 0 atom stereocenters. The van der Waals surface area contributed by atoms with Crippen molar-refractivity contribution < 1.29 is 14.3 Å². The van der Waals surface area contributed by atoms with Gasteiger partial charge in [0.25, 0.3) is 0 Å². The minimum atomic E-state index is -0.485. The molecule has 0 saturated carbocycles. The lowest BCUT2D eigenvalue weighted by atomic mass is 10.2. The van der Waals surface area contributed by atoms with Gasteiger partial charge in [-0.3, -0.25) is 10.2 Å². The van der Waals surface area contributed by atoms with Crippen LogP contribution >= 0.6 is 0 Å². The summed E-state index contributed by atoms with van der Waals surface area (Å²) >= 11 is 0. The summed E-state index contributed by atoms with van der Waals surface area (Å²) in [5, 5.41) is 0. The smallest absolute Gasteiger partial charge is 0.410 e. The SMILES string of the molecule is CNNCC(=O)N1CCN(C(=O)OC(C)(C)C)CC1. The number of piperazine rings is 1. The highest BCUT2D eigenvalue weighted by atomic mass is 16.6. The Labute approximate surface area is 114 Å². The molecule has 7 nitrogen and oxygen atoms in total. The molecular weight excluding hydrogens is 248 g/mol. The molecule has 0 unspecified atom stereocenters. The third-order valence-corrected chi connectivity index (χ3v) is 2.70. The minimum absolute atomic E-state index is 0.0261. The summed E-state index contributed by atoms with van der Waals surface area (Å²) in [5.74, 6) is 0.0261. The fourth-order valence-electron chi connectivity index (χ4n) is 1.74. The Bertz CT molecular complexity index is 319. The molecule has 0 aromatic heterocycles. The van der Waals surface area contributed by atoms with E-state index >= 15 is 0 Å². The summed E-state index contributed by atoms with van der Waals surface area (Å²) in [4.78, 5) is 27.0. The predicted molar refractivity (Wildman–Crippen MR) is 71.4 cm³/mol. The van der Waals surface area contributed by atoms with Gasteiger partial charge in [0.1, 0.15) is 5.60 Å². The van der Waals surface area contributed by atoms with Crippen LogP contribution in [-0.2, 0) is 9.53 Å². The summed E-state index contributed by atoms with van der Waals surface area (Å²) in [5.41, 5.74) is 4.99. The first-order valence-electron chi connectivity index (χ1n) is 6.49. The van der Waals surface area contributed by atoms with Crippen molar-refractivity contribution in [2.75, 3.05) is 39.8 Å². The normalized spacial score (nSPS) is 16.4. The van der Waals surface area contributed by atoms with Crippen LogP contribution < -0.4 is 10.9 Å². The van der Waals surface area contributed by atoms with Gasteiger partial charge in [-0.2, -0.15) is 0 Å². The fraction of sp³-hybridized carbons (Fsp3) is 0.833. The van der Waals surface area contributed by atoms with Crippen LogP contribution in [-0.4, -0.2) is 67.2 Å². The first-order chi connectivity index (χ1) is 8.83. The first-order valence-corrected chi connectivity index (χ1v) is 6.49. The van der Waals surface area contributed by atoms with Crippen molar-refractivity contribution >= 4 is 12.0 Å². The average molecular weight is 272 g/mol. The maximum atomic E-state index is 11.8. The Morgan fingerprint density at radius 1 is 1.11 bits per heavy atom. The van der Waals surface area contributed by atoms with E-state index in [-0.39, 0.29) is 18.5 Å². The molecule has 0 bridgehead atoms. The molecule has 0 radical (unpaired) electrons. The second-order valence-electron chi connectivity index (χ2n) is 5.45. The number of hydrogen-bond donors (Lipinski definition) is 2. The van der Waals surface area contributed by atoms with Crippen LogP contribution in [0, 0.1) is 0 Å². The van der Waals surface area contributed by atoms with Crippen LogP contribution in [0.1, 0.15) is 20.8 Å². The summed E-state index contributed by atoms with van der Waals surface area (Å²) in [7, 11) is 1.72. The molecule has 1 heterocycles. The van der Waals surface area contributed by atoms with Gasteiger partial charge in [0.05, 0.1) is 6.54 Å². The minimum Gasteiger partial charge on any atom is -0.444 e. The number of ether oxygens (including phenoxy) is 1. The van der Waals surface area contributed by atoms with Crippen molar-refractivity contribution in [2.45, 2.75) is 26.4 Å². The van der Waals surface area contributed by atoms with E-state index in [1.165, 1.54) is 0 Å². The molecule has 110 valence electrons. The molecule has 1 aliphatic rings. The standard InChI is InChI=1S/C12H24N4O3/c1-12(2,3)19-11(18)16-7-5-15(6-8-16)10(17)9-14-13-4/h13-14H,5-9H2,1-4H3. The van der Waals surface area contributed by atoms with Crippen molar-refractivity contribution in [3.8, 4) is 0 Å². The van der Waals surface area contributed by atoms with Crippen LogP contribution in [0.5, 0.6) is 0 Å². The van der Waals surface area contributed by atoms with Gasteiger partial charge in [-0.25, -0.2) is 10.2 Å². The molecule has 0 aliphatic carbocycles. The lowest BCUT2D eigenvalue weighted by Crippen LogP contribution is -2.53. The van der Waals surface area contributed by atoms with Crippen LogP contribution in [0.3, 0.4) is 0 Å². The molecule has 7 heteroatoms. The van der Waals surface area contributed by atoms with E-state index < -0.39 is 5.60 Å². The molecule has 0 spiro atoms. The topological polar surface area (TPSA) is 73.9 Å². The number of hydrazine groups is 1. The number of carbonyl (C=O) groups excluding carboxylic acids is 2. The quantitative estimate of drug-likeness (QED) is 0.695. The Balaban J connectivity index is 2.36. The van der Waals surface area contributed by atoms with E-state index in [0.717, 1.165) is 0 Å². The molecule has 1 fully saturated rings. The maximum absolute atomic E-state index is 11.8. The summed E-state index contributed by atoms with van der Waals surface area (Å²) in [6, 6.07) is 0. The zero-order valence-electron chi connectivity index (χ0n) is 12.2. The van der Waals surface area contributed by atoms with Crippen molar-refractivity contribution in [1.29, 1.82) is 0 Å². The van der Waals surface area contributed by atoms with Crippen molar-refractivity contribution in [1.82, 2.24) is 20.7 Å². The van der Waals surface area contributed by atoms with Gasteiger partial charge in [0, 0.05) is 26.2 Å². The molecular formula is C12H24N4O3. The Kier molecular flexibility index (Phi) is 5.56. The highest BCUT2D eigenvalue weighted by Gasteiger charge is 2.27. The lowest BCUT2D eigenvalue weighted by Gasteiger charge is -2.35. The molecule has 0 aromatic carbocycles.